The van der Waals surface area contributed by atoms with Crippen LogP contribution in [0.15, 0.2) is 16.7 Å². The van der Waals surface area contributed by atoms with Crippen molar-refractivity contribution in [2.75, 3.05) is 6.54 Å². The summed E-state index contributed by atoms with van der Waals surface area (Å²) in [5.74, 6) is 1.68. The quantitative estimate of drug-likeness (QED) is 0.817. The fourth-order valence-corrected chi connectivity index (χ4v) is 2.61. The maximum Gasteiger partial charge on any atom is 0.108 e. The molecule has 1 aromatic heterocycles. The van der Waals surface area contributed by atoms with E-state index in [1.54, 1.807) is 6.26 Å². The fraction of sp³-hybridized carbons (Fsp3) is 0.692. The highest BCUT2D eigenvalue weighted by Crippen LogP contribution is 2.34. The lowest BCUT2D eigenvalue weighted by molar-refractivity contribution is 0.143. The first-order chi connectivity index (χ1) is 7.84. The third kappa shape index (κ3) is 2.02. The molecule has 0 saturated heterocycles. The molecule has 3 nitrogen and oxygen atoms in total. The Morgan fingerprint density at radius 2 is 2.31 bits per heavy atom. The van der Waals surface area contributed by atoms with Gasteiger partial charge in [0.2, 0.25) is 0 Å². The summed E-state index contributed by atoms with van der Waals surface area (Å²) in [6, 6.07) is 2.45. The summed E-state index contributed by atoms with van der Waals surface area (Å²) >= 11 is 0. The van der Waals surface area contributed by atoms with Crippen molar-refractivity contribution in [1.82, 2.24) is 5.32 Å². The number of fused-ring (bicyclic) bond motifs is 1. The zero-order chi connectivity index (χ0) is 11.0. The average molecular weight is 221 g/mol. The molecule has 1 fully saturated rings. The highest BCUT2D eigenvalue weighted by molar-refractivity contribution is 5.24. The van der Waals surface area contributed by atoms with E-state index in [1.165, 1.54) is 24.8 Å². The van der Waals surface area contributed by atoms with Crippen molar-refractivity contribution in [3.63, 3.8) is 0 Å². The van der Waals surface area contributed by atoms with Crippen molar-refractivity contribution in [2.24, 2.45) is 5.92 Å². The van der Waals surface area contributed by atoms with Gasteiger partial charge in [-0.25, -0.2) is 0 Å². The minimum atomic E-state index is -0.155. The second-order valence-electron chi connectivity index (χ2n) is 5.06. The van der Waals surface area contributed by atoms with Crippen LogP contribution in [0.2, 0.25) is 0 Å². The lowest BCUT2D eigenvalue weighted by Gasteiger charge is -2.24. The Hall–Kier alpha value is -0.800. The van der Waals surface area contributed by atoms with Gasteiger partial charge in [0.15, 0.2) is 0 Å². The minimum Gasteiger partial charge on any atom is -0.469 e. The van der Waals surface area contributed by atoms with Crippen molar-refractivity contribution in [1.29, 1.82) is 0 Å². The normalized spacial score (nSPS) is 26.4. The molecule has 2 unspecified atom stereocenters. The zero-order valence-electron chi connectivity index (χ0n) is 9.48. The van der Waals surface area contributed by atoms with Crippen molar-refractivity contribution in [3.8, 4) is 0 Å². The number of nitrogens with one attached hydrogen (secondary N) is 1. The number of hydrogen-bond donors (Lipinski definition) is 2. The molecule has 3 heteroatoms. The fourth-order valence-electron chi connectivity index (χ4n) is 2.61. The molecule has 2 N–H and O–H groups in total. The molecule has 88 valence electrons. The molecule has 0 amide bonds. The zero-order valence-corrected chi connectivity index (χ0v) is 9.48. The van der Waals surface area contributed by atoms with Gasteiger partial charge in [-0.3, -0.25) is 0 Å². The van der Waals surface area contributed by atoms with E-state index in [1.807, 2.05) is 0 Å². The molecule has 0 aromatic carbocycles. The van der Waals surface area contributed by atoms with Crippen LogP contribution in [0.25, 0.3) is 0 Å². The monoisotopic (exact) mass is 221 g/mol. The number of aliphatic hydroxyl groups is 1. The van der Waals surface area contributed by atoms with Crippen LogP contribution in [0.4, 0.5) is 0 Å². The van der Waals surface area contributed by atoms with E-state index in [0.717, 1.165) is 25.1 Å². The second-order valence-corrected chi connectivity index (χ2v) is 5.06. The maximum absolute atomic E-state index is 9.83. The third-order valence-corrected chi connectivity index (χ3v) is 3.79. The summed E-state index contributed by atoms with van der Waals surface area (Å²) in [6.45, 7) is 0.722. The summed E-state index contributed by atoms with van der Waals surface area (Å²) in [7, 11) is 0. The van der Waals surface area contributed by atoms with Crippen LogP contribution < -0.4 is 5.32 Å². The topological polar surface area (TPSA) is 45.4 Å². The predicted octanol–water partition coefficient (Wildman–Crippen LogP) is 2.02. The molecular formula is C13H19NO2. The van der Waals surface area contributed by atoms with Gasteiger partial charge in [0.1, 0.15) is 5.76 Å². The number of aryl methyl sites for hydroxylation is 1. The number of hydrogen-bond acceptors (Lipinski definition) is 3. The van der Waals surface area contributed by atoms with Gasteiger partial charge in [0.25, 0.3) is 0 Å². The average Bonchev–Trinajstić information content (AvgIpc) is 3.04. The summed E-state index contributed by atoms with van der Waals surface area (Å²) in [6.07, 6.45) is 7.42. The van der Waals surface area contributed by atoms with Gasteiger partial charge >= 0.3 is 0 Å². The molecule has 3 rings (SSSR count). The van der Waals surface area contributed by atoms with E-state index in [2.05, 4.69) is 11.4 Å². The highest BCUT2D eigenvalue weighted by atomic mass is 16.3. The molecule has 0 radical (unpaired) electrons. The molecular weight excluding hydrogens is 202 g/mol. The highest BCUT2D eigenvalue weighted by Gasteiger charge is 2.30. The molecule has 0 aliphatic heterocycles. The van der Waals surface area contributed by atoms with Gasteiger partial charge in [-0.05, 0) is 37.7 Å². The van der Waals surface area contributed by atoms with E-state index in [-0.39, 0.29) is 6.10 Å². The van der Waals surface area contributed by atoms with Gasteiger partial charge < -0.3 is 14.8 Å². The Bertz CT molecular complexity index is 357. The van der Waals surface area contributed by atoms with Gasteiger partial charge in [0, 0.05) is 24.6 Å². The Morgan fingerprint density at radius 3 is 3.12 bits per heavy atom. The van der Waals surface area contributed by atoms with E-state index in [4.69, 9.17) is 4.42 Å². The minimum absolute atomic E-state index is 0.155. The lowest BCUT2D eigenvalue weighted by atomic mass is 9.93. The Labute approximate surface area is 95.8 Å². The van der Waals surface area contributed by atoms with Crippen molar-refractivity contribution >= 4 is 0 Å². The summed E-state index contributed by atoms with van der Waals surface area (Å²) in [4.78, 5) is 0. The largest absolute Gasteiger partial charge is 0.469 e. The third-order valence-electron chi connectivity index (χ3n) is 3.79. The molecule has 1 heterocycles. The Morgan fingerprint density at radius 1 is 1.44 bits per heavy atom. The second kappa shape index (κ2) is 4.22. The summed E-state index contributed by atoms with van der Waals surface area (Å²) in [5.41, 5.74) is 1.30. The molecule has 1 saturated carbocycles. The first-order valence-electron chi connectivity index (χ1n) is 6.32. The smallest absolute Gasteiger partial charge is 0.108 e. The van der Waals surface area contributed by atoms with Crippen LogP contribution in [0.5, 0.6) is 0 Å². The molecule has 0 bridgehead atoms. The molecule has 1 aromatic rings. The van der Waals surface area contributed by atoms with Crippen LogP contribution in [-0.4, -0.2) is 17.8 Å². The van der Waals surface area contributed by atoms with Crippen molar-refractivity contribution in [2.45, 2.75) is 44.2 Å². The number of rotatable bonds is 4. The molecule has 2 aliphatic rings. The van der Waals surface area contributed by atoms with E-state index >= 15 is 0 Å². The van der Waals surface area contributed by atoms with Crippen LogP contribution in [-0.2, 0) is 6.42 Å². The van der Waals surface area contributed by atoms with Crippen LogP contribution in [0.3, 0.4) is 0 Å². The van der Waals surface area contributed by atoms with Crippen LogP contribution in [0.1, 0.15) is 43.0 Å². The first kappa shape index (κ1) is 10.4. The van der Waals surface area contributed by atoms with E-state index < -0.39 is 0 Å². The van der Waals surface area contributed by atoms with Crippen LogP contribution >= 0.6 is 0 Å². The summed E-state index contributed by atoms with van der Waals surface area (Å²) < 4.78 is 5.45. The molecule has 16 heavy (non-hydrogen) atoms. The maximum atomic E-state index is 9.83. The SMILES string of the molecule is OC(CNC1CCCc2occc21)C1CC1. The molecule has 2 aliphatic carbocycles. The van der Waals surface area contributed by atoms with Gasteiger partial charge in [-0.2, -0.15) is 0 Å². The van der Waals surface area contributed by atoms with Gasteiger partial charge in [0.05, 0.1) is 12.4 Å². The predicted molar refractivity (Wildman–Crippen MR) is 61.1 cm³/mol. The van der Waals surface area contributed by atoms with Gasteiger partial charge in [-0.1, -0.05) is 0 Å². The Balaban J connectivity index is 1.59. The van der Waals surface area contributed by atoms with E-state index in [0.29, 0.717) is 12.0 Å². The molecule has 2 atom stereocenters. The van der Waals surface area contributed by atoms with Crippen molar-refractivity contribution < 1.29 is 9.52 Å². The standard InChI is InChI=1S/C13H19NO2/c15-12(9-4-5-9)8-14-11-2-1-3-13-10(11)6-7-16-13/h6-7,9,11-12,14-15H,1-5,8H2. The van der Waals surface area contributed by atoms with E-state index in [9.17, 15) is 5.11 Å². The van der Waals surface area contributed by atoms with Crippen molar-refractivity contribution in [3.05, 3.63) is 23.7 Å². The number of furan rings is 1. The van der Waals surface area contributed by atoms with Gasteiger partial charge in [-0.15, -0.1) is 0 Å². The summed E-state index contributed by atoms with van der Waals surface area (Å²) in [5, 5.41) is 13.3. The number of aliphatic hydroxyl groups excluding tert-OH is 1. The lowest BCUT2D eigenvalue weighted by Crippen LogP contribution is -2.32. The first-order valence-corrected chi connectivity index (χ1v) is 6.32. The Kier molecular flexibility index (Phi) is 2.74. The molecule has 0 spiro atoms. The van der Waals surface area contributed by atoms with Crippen LogP contribution in [0, 0.1) is 5.92 Å².